The minimum Gasteiger partial charge on any atom is -0.373 e. The molecule has 100 valence electrons. The predicted octanol–water partition coefficient (Wildman–Crippen LogP) is 5.09. The van der Waals surface area contributed by atoms with E-state index in [-0.39, 0.29) is 11.7 Å². The minimum atomic E-state index is -0.558. The number of hydrogen-bond acceptors (Lipinski definition) is 2. The average molecular weight is 300 g/mol. The van der Waals surface area contributed by atoms with Crippen LogP contribution in [0.2, 0.25) is 4.34 Å². The van der Waals surface area contributed by atoms with Crippen LogP contribution in [0, 0.1) is 18.6 Å². The normalized spacial score (nSPS) is 17.6. The molecule has 2 aromatic rings. The first-order valence-electron chi connectivity index (χ1n) is 6.05. The van der Waals surface area contributed by atoms with E-state index in [9.17, 15) is 8.78 Å². The maximum atomic E-state index is 14.0. The lowest BCUT2D eigenvalue weighted by atomic mass is 10.1. The van der Waals surface area contributed by atoms with E-state index in [2.05, 4.69) is 5.32 Å². The van der Waals surface area contributed by atoms with E-state index in [1.807, 2.05) is 6.07 Å². The largest absolute Gasteiger partial charge is 0.373 e. The Morgan fingerprint density at radius 3 is 2.95 bits per heavy atom. The first-order valence-corrected chi connectivity index (χ1v) is 7.25. The molecule has 0 amide bonds. The highest BCUT2D eigenvalue weighted by Crippen LogP contribution is 2.41. The fourth-order valence-corrected chi connectivity index (χ4v) is 3.80. The molecule has 1 aliphatic rings. The number of benzene rings is 1. The predicted molar refractivity (Wildman–Crippen MR) is 75.1 cm³/mol. The van der Waals surface area contributed by atoms with Gasteiger partial charge in [0.1, 0.15) is 11.5 Å². The lowest BCUT2D eigenvalue weighted by Crippen LogP contribution is -2.10. The summed E-state index contributed by atoms with van der Waals surface area (Å²) in [6.07, 6.45) is 1.74. The highest BCUT2D eigenvalue weighted by atomic mass is 35.5. The Morgan fingerprint density at radius 2 is 2.16 bits per heavy atom. The average Bonchev–Trinajstić information content (AvgIpc) is 2.90. The van der Waals surface area contributed by atoms with Gasteiger partial charge >= 0.3 is 0 Å². The number of fused-ring (bicyclic) bond motifs is 1. The van der Waals surface area contributed by atoms with Crippen LogP contribution in [0.3, 0.4) is 0 Å². The molecule has 1 aliphatic carbocycles. The van der Waals surface area contributed by atoms with Gasteiger partial charge in [0.2, 0.25) is 0 Å². The molecule has 1 N–H and O–H groups in total. The molecule has 0 saturated heterocycles. The van der Waals surface area contributed by atoms with Crippen LogP contribution in [-0.2, 0) is 6.42 Å². The van der Waals surface area contributed by atoms with Gasteiger partial charge in [0.25, 0.3) is 0 Å². The lowest BCUT2D eigenvalue weighted by Gasteiger charge is -2.16. The third-order valence-corrected chi connectivity index (χ3v) is 4.79. The van der Waals surface area contributed by atoms with E-state index in [1.54, 1.807) is 18.3 Å². The van der Waals surface area contributed by atoms with Gasteiger partial charge in [0, 0.05) is 4.88 Å². The van der Waals surface area contributed by atoms with Crippen molar-refractivity contribution in [3.05, 3.63) is 50.2 Å². The zero-order chi connectivity index (χ0) is 13.6. The molecule has 1 nitrogen and oxygen atoms in total. The lowest BCUT2D eigenvalue weighted by molar-refractivity contribution is 0.576. The molecule has 1 atom stereocenters. The van der Waals surface area contributed by atoms with Crippen molar-refractivity contribution in [2.24, 2.45) is 0 Å². The van der Waals surface area contributed by atoms with Gasteiger partial charge in [-0.3, -0.25) is 0 Å². The van der Waals surface area contributed by atoms with E-state index in [4.69, 9.17) is 11.6 Å². The van der Waals surface area contributed by atoms with Crippen LogP contribution in [0.25, 0.3) is 0 Å². The van der Waals surface area contributed by atoms with Crippen LogP contribution in [-0.4, -0.2) is 0 Å². The number of rotatable bonds is 2. The third-order valence-electron chi connectivity index (χ3n) is 3.45. The topological polar surface area (TPSA) is 12.0 Å². The maximum Gasteiger partial charge on any atom is 0.152 e. The summed E-state index contributed by atoms with van der Waals surface area (Å²) in [7, 11) is 0. The van der Waals surface area contributed by atoms with Gasteiger partial charge in [0.05, 0.1) is 10.4 Å². The van der Waals surface area contributed by atoms with Gasteiger partial charge in [-0.15, -0.1) is 11.3 Å². The quantitative estimate of drug-likeness (QED) is 0.814. The second-order valence-electron chi connectivity index (χ2n) is 4.72. The van der Waals surface area contributed by atoms with E-state index < -0.39 is 11.6 Å². The molecule has 0 bridgehead atoms. The SMILES string of the molecule is Cc1ccc(F)c(NC2CCc3sc(Cl)cc32)c1F. The van der Waals surface area contributed by atoms with Crippen LogP contribution in [0.1, 0.15) is 28.5 Å². The zero-order valence-electron chi connectivity index (χ0n) is 10.3. The smallest absolute Gasteiger partial charge is 0.152 e. The van der Waals surface area contributed by atoms with Crippen molar-refractivity contribution >= 4 is 28.6 Å². The summed E-state index contributed by atoms with van der Waals surface area (Å²) in [5, 5.41) is 2.99. The van der Waals surface area contributed by atoms with Crippen LogP contribution in [0.15, 0.2) is 18.2 Å². The highest BCUT2D eigenvalue weighted by molar-refractivity contribution is 7.16. The summed E-state index contributed by atoms with van der Waals surface area (Å²) < 4.78 is 28.4. The monoisotopic (exact) mass is 299 g/mol. The van der Waals surface area contributed by atoms with E-state index in [0.29, 0.717) is 5.56 Å². The molecule has 0 saturated carbocycles. The van der Waals surface area contributed by atoms with Gasteiger partial charge in [-0.1, -0.05) is 17.7 Å². The summed E-state index contributed by atoms with van der Waals surface area (Å²) in [6, 6.07) is 4.55. The third kappa shape index (κ3) is 2.23. The number of hydrogen-bond donors (Lipinski definition) is 1. The van der Waals surface area contributed by atoms with Gasteiger partial charge in [-0.05, 0) is 43.0 Å². The molecule has 1 heterocycles. The van der Waals surface area contributed by atoms with Gasteiger partial charge < -0.3 is 5.32 Å². The molecule has 5 heteroatoms. The van der Waals surface area contributed by atoms with Crippen molar-refractivity contribution in [2.45, 2.75) is 25.8 Å². The van der Waals surface area contributed by atoms with Crippen molar-refractivity contribution in [2.75, 3.05) is 5.32 Å². The molecular weight excluding hydrogens is 288 g/mol. The molecular formula is C14H12ClF2NS. The minimum absolute atomic E-state index is 0.0415. The second kappa shape index (κ2) is 4.76. The molecule has 1 aromatic heterocycles. The number of nitrogens with one attached hydrogen (secondary N) is 1. The molecule has 3 rings (SSSR count). The molecule has 1 aromatic carbocycles. The first-order chi connectivity index (χ1) is 9.06. The first kappa shape index (κ1) is 12.9. The van der Waals surface area contributed by atoms with Crippen molar-refractivity contribution in [3.63, 3.8) is 0 Å². The molecule has 0 fully saturated rings. The summed E-state index contributed by atoms with van der Waals surface area (Å²) in [6.45, 7) is 1.63. The zero-order valence-corrected chi connectivity index (χ0v) is 11.8. The summed E-state index contributed by atoms with van der Waals surface area (Å²) in [5.41, 5.74) is 1.46. The second-order valence-corrected chi connectivity index (χ2v) is 6.49. The summed E-state index contributed by atoms with van der Waals surface area (Å²) in [5.74, 6) is -1.08. The Balaban J connectivity index is 1.93. The molecule has 0 aliphatic heterocycles. The molecule has 0 spiro atoms. The Bertz CT molecular complexity index is 639. The Hall–Kier alpha value is -1.13. The van der Waals surface area contributed by atoms with Crippen LogP contribution in [0.4, 0.5) is 14.5 Å². The number of anilines is 1. The van der Waals surface area contributed by atoms with Crippen LogP contribution < -0.4 is 5.32 Å². The molecule has 1 unspecified atom stereocenters. The molecule has 0 radical (unpaired) electrons. The molecule has 19 heavy (non-hydrogen) atoms. The number of thiophene rings is 1. The fourth-order valence-electron chi connectivity index (χ4n) is 2.44. The highest BCUT2D eigenvalue weighted by Gasteiger charge is 2.26. The van der Waals surface area contributed by atoms with Crippen LogP contribution in [0.5, 0.6) is 0 Å². The van der Waals surface area contributed by atoms with Crippen LogP contribution >= 0.6 is 22.9 Å². The summed E-state index contributed by atoms with van der Waals surface area (Å²) >= 11 is 7.52. The van der Waals surface area contributed by atoms with Crippen molar-refractivity contribution in [1.29, 1.82) is 0 Å². The number of aryl methyl sites for hydroxylation is 2. The standard InChI is InChI=1S/C14H12ClF2NS/c1-7-2-3-9(16)14(13(7)17)18-10-4-5-11-8(10)6-12(15)19-11/h2-3,6,10,18H,4-5H2,1H3. The van der Waals surface area contributed by atoms with Gasteiger partial charge in [-0.25, -0.2) is 8.78 Å². The van der Waals surface area contributed by atoms with E-state index in [1.165, 1.54) is 17.0 Å². The Labute approximate surface area is 119 Å². The van der Waals surface area contributed by atoms with E-state index in [0.717, 1.165) is 22.7 Å². The summed E-state index contributed by atoms with van der Waals surface area (Å²) in [4.78, 5) is 1.20. The van der Waals surface area contributed by atoms with Gasteiger partial charge in [-0.2, -0.15) is 0 Å². The van der Waals surface area contributed by atoms with Crippen molar-refractivity contribution in [3.8, 4) is 0 Å². The van der Waals surface area contributed by atoms with Crippen molar-refractivity contribution in [1.82, 2.24) is 0 Å². The maximum absolute atomic E-state index is 14.0. The Morgan fingerprint density at radius 1 is 1.37 bits per heavy atom. The van der Waals surface area contributed by atoms with Gasteiger partial charge in [0.15, 0.2) is 5.82 Å². The fraction of sp³-hybridized carbons (Fsp3) is 0.286. The van der Waals surface area contributed by atoms with Crippen molar-refractivity contribution < 1.29 is 8.78 Å². The van der Waals surface area contributed by atoms with E-state index >= 15 is 0 Å². The number of halogens is 3. The Kier molecular flexibility index (Phi) is 3.23.